The van der Waals surface area contributed by atoms with Crippen molar-refractivity contribution in [1.29, 1.82) is 0 Å². The lowest BCUT2D eigenvalue weighted by atomic mass is 9.84. The van der Waals surface area contributed by atoms with Gasteiger partial charge in [0.1, 0.15) is 12.1 Å². The Morgan fingerprint density at radius 3 is 2.73 bits per heavy atom. The number of carbonyl (C=O) groups is 3. The summed E-state index contributed by atoms with van der Waals surface area (Å²) in [6.45, 7) is 16.2. The third-order valence-corrected chi connectivity index (χ3v) is 14.5. The Bertz CT molecular complexity index is 2290. The van der Waals surface area contributed by atoms with Crippen molar-refractivity contribution in [2.24, 2.45) is 17.3 Å². The molecule has 14 heteroatoms. The second-order valence-corrected chi connectivity index (χ2v) is 19.5. The molecule has 4 aliphatic heterocycles. The summed E-state index contributed by atoms with van der Waals surface area (Å²) in [5, 5.41) is 8.50. The summed E-state index contributed by atoms with van der Waals surface area (Å²) in [4.78, 5) is 56.7. The van der Waals surface area contributed by atoms with Crippen LogP contribution in [-0.2, 0) is 43.2 Å². The number of thiazole rings is 1. The number of aryl methyl sites for hydroxylation is 1. The number of carbonyl (C=O) groups excluding carboxylic acids is 3. The maximum Gasteiger partial charge on any atom is 0.324 e. The molecule has 4 aromatic rings. The van der Waals surface area contributed by atoms with E-state index in [1.807, 2.05) is 6.20 Å². The summed E-state index contributed by atoms with van der Waals surface area (Å²) in [5.41, 5.74) is 11.0. The van der Waals surface area contributed by atoms with Crippen molar-refractivity contribution in [1.82, 2.24) is 35.2 Å². The molecule has 3 aromatic heterocycles. The Hall–Kier alpha value is -4.37. The highest BCUT2D eigenvalue weighted by atomic mass is 32.1. The summed E-state index contributed by atoms with van der Waals surface area (Å²) in [6.07, 6.45) is 7.15. The molecule has 4 fully saturated rings. The number of nitrogens with zero attached hydrogens (tertiary/aromatic N) is 6. The van der Waals surface area contributed by atoms with E-state index in [1.165, 1.54) is 41.3 Å². The van der Waals surface area contributed by atoms with Crippen molar-refractivity contribution in [3.05, 3.63) is 52.1 Å². The number of esters is 1. The van der Waals surface area contributed by atoms with Crippen molar-refractivity contribution in [3.8, 4) is 22.5 Å². The van der Waals surface area contributed by atoms with Crippen LogP contribution in [0.1, 0.15) is 89.1 Å². The van der Waals surface area contributed by atoms with E-state index in [4.69, 9.17) is 19.4 Å². The summed E-state index contributed by atoms with van der Waals surface area (Å²) in [7, 11) is 1.74. The summed E-state index contributed by atoms with van der Waals surface area (Å²) < 4.78 is 14.6. The van der Waals surface area contributed by atoms with Gasteiger partial charge >= 0.3 is 5.97 Å². The molecule has 0 unspecified atom stereocenters. The second kappa shape index (κ2) is 16.5. The third-order valence-electron chi connectivity index (χ3n) is 13.6. The number of aromatic nitrogens is 3. The molecule has 2 N–H and O–H groups in total. The molecular weight excluding hydrogens is 777 g/mol. The first-order valence-electron chi connectivity index (χ1n) is 22.1. The zero-order chi connectivity index (χ0) is 41.9. The fourth-order valence-corrected chi connectivity index (χ4v) is 10.8. The Morgan fingerprint density at radius 2 is 1.95 bits per heavy atom. The second-order valence-electron chi connectivity index (χ2n) is 18.6. The van der Waals surface area contributed by atoms with Gasteiger partial charge < -0.3 is 24.3 Å². The minimum Gasteiger partial charge on any atom is -0.464 e. The highest BCUT2D eigenvalue weighted by molar-refractivity contribution is 7.10. The van der Waals surface area contributed by atoms with Gasteiger partial charge in [-0.05, 0) is 88.6 Å². The molecule has 1 saturated carbocycles. The van der Waals surface area contributed by atoms with Gasteiger partial charge in [-0.15, -0.1) is 11.3 Å². The molecule has 3 saturated heterocycles. The Morgan fingerprint density at radius 1 is 1.13 bits per heavy atom. The molecule has 320 valence electrons. The van der Waals surface area contributed by atoms with Crippen LogP contribution in [0.25, 0.3) is 33.4 Å². The van der Waals surface area contributed by atoms with Crippen molar-refractivity contribution in [2.45, 2.75) is 110 Å². The summed E-state index contributed by atoms with van der Waals surface area (Å²) in [5.74, 6) is -0.549. The van der Waals surface area contributed by atoms with E-state index in [1.54, 1.807) is 7.11 Å². The number of amides is 2. The number of piperazine rings is 1. The van der Waals surface area contributed by atoms with Crippen molar-refractivity contribution in [3.63, 3.8) is 0 Å². The van der Waals surface area contributed by atoms with Gasteiger partial charge in [-0.2, -0.15) is 0 Å². The molecule has 5 aliphatic rings. The molecule has 1 aliphatic carbocycles. The van der Waals surface area contributed by atoms with Crippen LogP contribution in [0.4, 0.5) is 5.69 Å². The molecule has 6 atom stereocenters. The lowest BCUT2D eigenvalue weighted by Gasteiger charge is -2.39. The fraction of sp³-hybridized carbons (Fsp3) is 0.587. The molecule has 1 aromatic carbocycles. The average molecular weight is 837 g/mol. The van der Waals surface area contributed by atoms with E-state index in [0.717, 1.165) is 82.4 Å². The maximum absolute atomic E-state index is 14.2. The van der Waals surface area contributed by atoms with Crippen LogP contribution in [0.2, 0.25) is 0 Å². The lowest BCUT2D eigenvalue weighted by Crippen LogP contribution is -2.60. The molecule has 0 spiro atoms. The SMILES string of the molecule is CCn1c(-c2cc(N3CCN4CCC[C@@H]4C3)cnc2[C@H](C)OC)c2c3cc(ccc31)-c1csc(n1)C[C@H](NC(=O)[C@H]1C[C@@H]1C)C(=O)N1CCC[C@H](N1)C(=O)OCC(C)(C)C2. The molecule has 2 amide bonds. The number of nitrogens with one attached hydrogen (secondary N) is 2. The number of hydrogen-bond donors (Lipinski definition) is 2. The first kappa shape index (κ1) is 41.0. The molecule has 0 radical (unpaired) electrons. The zero-order valence-electron chi connectivity index (χ0n) is 36.0. The highest BCUT2D eigenvalue weighted by Gasteiger charge is 2.42. The molecule has 6 bridgehead atoms. The predicted molar refractivity (Wildman–Crippen MR) is 233 cm³/mol. The van der Waals surface area contributed by atoms with Gasteiger partial charge in [-0.25, -0.2) is 10.4 Å². The maximum atomic E-state index is 14.2. The standard InChI is InChI=1S/C46H60N8O5S/c1-7-53-39-13-12-29-19-33(39)35(42(53)34-20-31(23-47-41(34)28(3)58-6)52-17-16-51-14-8-10-30(51)24-52)22-46(4,5)26-59-45(57)36-11-9-15-54(50-36)44(56)37(21-40-48-38(29)25-60-40)49-43(55)32-18-27(32)2/h12-13,19-20,23,25,27-28,30,32,36-37,50H,7-11,14-18,21-22,24,26H2,1-6H3,(H,49,55)/t27-,28-,30+,32-,36-,37-/m0/s1. The van der Waals surface area contributed by atoms with Crippen LogP contribution >= 0.6 is 11.3 Å². The number of ether oxygens (including phenoxy) is 2. The van der Waals surface area contributed by atoms with Gasteiger partial charge in [0.25, 0.3) is 5.91 Å². The predicted octanol–water partition coefficient (Wildman–Crippen LogP) is 6.14. The zero-order valence-corrected chi connectivity index (χ0v) is 36.8. The average Bonchev–Trinajstić information content (AvgIpc) is 3.55. The number of anilines is 1. The van der Waals surface area contributed by atoms with Crippen molar-refractivity contribution >= 4 is 45.7 Å². The Kier molecular flexibility index (Phi) is 11.3. The fourth-order valence-electron chi connectivity index (χ4n) is 9.96. The van der Waals surface area contributed by atoms with Crippen molar-refractivity contribution in [2.75, 3.05) is 51.3 Å². The molecular formula is C46H60N8O5S. The van der Waals surface area contributed by atoms with Gasteiger partial charge in [0, 0.05) is 91.0 Å². The largest absolute Gasteiger partial charge is 0.464 e. The quantitative estimate of drug-likeness (QED) is 0.209. The van der Waals surface area contributed by atoms with E-state index in [-0.39, 0.29) is 42.8 Å². The number of pyridine rings is 1. The lowest BCUT2D eigenvalue weighted by molar-refractivity contribution is -0.155. The normalized spacial score (nSPS) is 26.4. The van der Waals surface area contributed by atoms with Gasteiger partial charge in [0.2, 0.25) is 5.91 Å². The van der Waals surface area contributed by atoms with Gasteiger partial charge in [-0.3, -0.25) is 29.3 Å². The van der Waals surface area contributed by atoms with Crippen LogP contribution in [-0.4, -0.2) is 107 Å². The topological polar surface area (TPSA) is 134 Å². The summed E-state index contributed by atoms with van der Waals surface area (Å²) in [6, 6.07) is 7.99. The van der Waals surface area contributed by atoms with Crippen LogP contribution in [0.5, 0.6) is 0 Å². The monoisotopic (exact) mass is 836 g/mol. The first-order valence-corrected chi connectivity index (χ1v) is 23.0. The number of hydrazine groups is 1. The van der Waals surface area contributed by atoms with E-state index in [9.17, 15) is 14.4 Å². The van der Waals surface area contributed by atoms with Gasteiger partial charge in [0.15, 0.2) is 0 Å². The molecule has 60 heavy (non-hydrogen) atoms. The third kappa shape index (κ3) is 7.96. The van der Waals surface area contributed by atoms with E-state index in [0.29, 0.717) is 37.8 Å². The van der Waals surface area contributed by atoms with Crippen LogP contribution in [0, 0.1) is 17.3 Å². The number of fused-ring (bicyclic) bond motifs is 7. The Balaban J connectivity index is 1.16. The molecule has 9 rings (SSSR count). The molecule has 7 heterocycles. The summed E-state index contributed by atoms with van der Waals surface area (Å²) >= 11 is 1.50. The Labute approximate surface area is 357 Å². The number of methoxy groups -OCH3 is 1. The number of hydrogen-bond acceptors (Lipinski definition) is 11. The number of cyclic esters (lactones) is 1. The van der Waals surface area contributed by atoms with E-state index in [2.05, 4.69) is 89.4 Å². The van der Waals surface area contributed by atoms with Crippen molar-refractivity contribution < 1.29 is 23.9 Å². The van der Waals surface area contributed by atoms with E-state index < -0.39 is 17.5 Å². The minimum absolute atomic E-state index is 0.0889. The number of benzene rings is 1. The number of rotatable bonds is 7. The van der Waals surface area contributed by atoms with Gasteiger partial charge in [0.05, 0.1) is 46.7 Å². The minimum atomic E-state index is -0.824. The van der Waals surface area contributed by atoms with Crippen LogP contribution in [0.15, 0.2) is 35.8 Å². The molecule has 13 nitrogen and oxygen atoms in total. The van der Waals surface area contributed by atoms with Crippen LogP contribution in [0.3, 0.4) is 0 Å². The first-order chi connectivity index (χ1) is 28.9. The van der Waals surface area contributed by atoms with Crippen LogP contribution < -0.4 is 15.6 Å². The smallest absolute Gasteiger partial charge is 0.324 e. The van der Waals surface area contributed by atoms with Gasteiger partial charge in [-0.1, -0.05) is 26.8 Å². The highest BCUT2D eigenvalue weighted by Crippen LogP contribution is 2.43. The van der Waals surface area contributed by atoms with E-state index >= 15 is 0 Å².